The van der Waals surface area contributed by atoms with Crippen LogP contribution in [0.5, 0.6) is 0 Å². The maximum atomic E-state index is 10.8. The van der Waals surface area contributed by atoms with Crippen molar-refractivity contribution in [2.75, 3.05) is 0 Å². The third-order valence-electron chi connectivity index (χ3n) is 2.68. The number of rotatable bonds is 1. The second kappa shape index (κ2) is 3.06. The molecular formula is C10H12N2O2. The molecule has 0 fully saturated rings. The first-order chi connectivity index (χ1) is 6.59. The van der Waals surface area contributed by atoms with Gasteiger partial charge in [-0.05, 0) is 30.9 Å². The number of nitro groups is 1. The van der Waals surface area contributed by atoms with E-state index in [9.17, 15) is 10.1 Å². The zero-order valence-electron chi connectivity index (χ0n) is 7.99. The topological polar surface area (TPSA) is 69.2 Å². The van der Waals surface area contributed by atoms with Gasteiger partial charge in [-0.3, -0.25) is 10.1 Å². The fraction of sp³-hybridized carbons (Fsp3) is 0.400. The Morgan fingerprint density at radius 2 is 2.29 bits per heavy atom. The molecule has 1 aliphatic rings. The maximum absolute atomic E-state index is 10.8. The minimum absolute atomic E-state index is 0.161. The average Bonchev–Trinajstić information content (AvgIpc) is 2.46. The van der Waals surface area contributed by atoms with Crippen molar-refractivity contribution in [3.63, 3.8) is 0 Å². The van der Waals surface area contributed by atoms with E-state index in [4.69, 9.17) is 5.73 Å². The molecule has 0 amide bonds. The molecule has 0 bridgehead atoms. The van der Waals surface area contributed by atoms with Crippen molar-refractivity contribution in [1.29, 1.82) is 0 Å². The van der Waals surface area contributed by atoms with Crippen LogP contribution in [-0.2, 0) is 6.42 Å². The van der Waals surface area contributed by atoms with Crippen LogP contribution in [0, 0.1) is 17.0 Å². The van der Waals surface area contributed by atoms with Crippen LogP contribution in [0.2, 0.25) is 0 Å². The first-order valence-electron chi connectivity index (χ1n) is 4.63. The first kappa shape index (κ1) is 9.15. The van der Waals surface area contributed by atoms with Gasteiger partial charge in [-0.1, -0.05) is 6.07 Å². The monoisotopic (exact) mass is 192 g/mol. The minimum atomic E-state index is -0.336. The molecule has 1 aliphatic carbocycles. The molecule has 0 aromatic heterocycles. The zero-order chi connectivity index (χ0) is 10.3. The van der Waals surface area contributed by atoms with Gasteiger partial charge < -0.3 is 5.73 Å². The van der Waals surface area contributed by atoms with Gasteiger partial charge in [-0.15, -0.1) is 0 Å². The van der Waals surface area contributed by atoms with Gasteiger partial charge in [-0.2, -0.15) is 0 Å². The van der Waals surface area contributed by atoms with E-state index in [0.29, 0.717) is 0 Å². The van der Waals surface area contributed by atoms with E-state index < -0.39 is 0 Å². The molecule has 4 heteroatoms. The van der Waals surface area contributed by atoms with Crippen molar-refractivity contribution < 1.29 is 4.92 Å². The van der Waals surface area contributed by atoms with Crippen molar-refractivity contribution >= 4 is 5.69 Å². The smallest absolute Gasteiger partial charge is 0.274 e. The molecule has 1 atom stereocenters. The van der Waals surface area contributed by atoms with Gasteiger partial charge >= 0.3 is 0 Å². The second-order valence-corrected chi connectivity index (χ2v) is 3.76. The van der Waals surface area contributed by atoms with Crippen LogP contribution in [0.1, 0.15) is 29.2 Å². The number of nitrogens with two attached hydrogens (primary N) is 1. The van der Waals surface area contributed by atoms with Crippen LogP contribution in [0.25, 0.3) is 0 Å². The first-order valence-corrected chi connectivity index (χ1v) is 4.63. The van der Waals surface area contributed by atoms with Gasteiger partial charge in [0.2, 0.25) is 0 Å². The summed E-state index contributed by atoms with van der Waals surface area (Å²) in [7, 11) is 0. The van der Waals surface area contributed by atoms with Crippen LogP contribution in [0.4, 0.5) is 5.69 Å². The Balaban J connectivity index is 2.65. The van der Waals surface area contributed by atoms with Gasteiger partial charge in [0.25, 0.3) is 5.69 Å². The number of hydrogen-bond donors (Lipinski definition) is 1. The van der Waals surface area contributed by atoms with Crippen LogP contribution in [0.15, 0.2) is 12.1 Å². The Bertz CT molecular complexity index is 401. The highest BCUT2D eigenvalue weighted by Crippen LogP contribution is 2.36. The Labute approximate surface area is 81.9 Å². The van der Waals surface area contributed by atoms with E-state index in [0.717, 1.165) is 29.5 Å². The SMILES string of the molecule is Cc1cc2c(c([N+](=O)[O-])c1)C(N)CC2. The Hall–Kier alpha value is -1.42. The molecule has 2 rings (SSSR count). The predicted molar refractivity (Wildman–Crippen MR) is 53.1 cm³/mol. The van der Waals surface area contributed by atoms with Crippen molar-refractivity contribution in [3.8, 4) is 0 Å². The average molecular weight is 192 g/mol. The lowest BCUT2D eigenvalue weighted by Gasteiger charge is -2.06. The Morgan fingerprint density at radius 3 is 2.93 bits per heavy atom. The zero-order valence-corrected chi connectivity index (χ0v) is 7.99. The highest BCUT2D eigenvalue weighted by molar-refractivity contribution is 5.52. The summed E-state index contributed by atoms with van der Waals surface area (Å²) < 4.78 is 0. The summed E-state index contributed by atoms with van der Waals surface area (Å²) in [5.41, 5.74) is 8.73. The van der Waals surface area contributed by atoms with Gasteiger partial charge in [0.05, 0.1) is 4.92 Å². The lowest BCUT2D eigenvalue weighted by molar-refractivity contribution is -0.385. The second-order valence-electron chi connectivity index (χ2n) is 3.76. The summed E-state index contributed by atoms with van der Waals surface area (Å²) in [5.74, 6) is 0. The van der Waals surface area contributed by atoms with Crippen molar-refractivity contribution in [1.82, 2.24) is 0 Å². The highest BCUT2D eigenvalue weighted by atomic mass is 16.6. The van der Waals surface area contributed by atoms with E-state index in [1.165, 1.54) is 0 Å². The number of fused-ring (bicyclic) bond motifs is 1. The fourth-order valence-corrected chi connectivity index (χ4v) is 2.09. The molecule has 0 heterocycles. The molecule has 4 nitrogen and oxygen atoms in total. The summed E-state index contributed by atoms with van der Waals surface area (Å²) >= 11 is 0. The van der Waals surface area contributed by atoms with Crippen LogP contribution in [-0.4, -0.2) is 4.92 Å². The molecule has 1 aromatic rings. The number of hydrogen-bond acceptors (Lipinski definition) is 3. The molecule has 1 unspecified atom stereocenters. The largest absolute Gasteiger partial charge is 0.324 e. The molecule has 1 aromatic carbocycles. The number of aryl methyl sites for hydroxylation is 2. The van der Waals surface area contributed by atoms with Crippen molar-refractivity contribution in [3.05, 3.63) is 38.9 Å². The van der Waals surface area contributed by atoms with Crippen LogP contribution >= 0.6 is 0 Å². The molecule has 0 saturated carbocycles. The van der Waals surface area contributed by atoms with E-state index in [1.54, 1.807) is 6.07 Å². The highest BCUT2D eigenvalue weighted by Gasteiger charge is 2.28. The van der Waals surface area contributed by atoms with Crippen molar-refractivity contribution in [2.24, 2.45) is 5.73 Å². The summed E-state index contributed by atoms with van der Waals surface area (Å²) in [4.78, 5) is 10.5. The summed E-state index contributed by atoms with van der Waals surface area (Å²) in [6.07, 6.45) is 1.68. The maximum Gasteiger partial charge on any atom is 0.274 e. The molecule has 0 spiro atoms. The quantitative estimate of drug-likeness (QED) is 0.545. The molecule has 0 aliphatic heterocycles. The Kier molecular flexibility index (Phi) is 2.00. The fourth-order valence-electron chi connectivity index (χ4n) is 2.09. The van der Waals surface area contributed by atoms with Gasteiger partial charge in [-0.25, -0.2) is 0 Å². The van der Waals surface area contributed by atoms with Crippen molar-refractivity contribution in [2.45, 2.75) is 25.8 Å². The van der Waals surface area contributed by atoms with E-state index in [-0.39, 0.29) is 16.7 Å². The Morgan fingerprint density at radius 1 is 1.57 bits per heavy atom. The lowest BCUT2D eigenvalue weighted by Crippen LogP contribution is -2.08. The van der Waals surface area contributed by atoms with E-state index in [1.807, 2.05) is 13.0 Å². The van der Waals surface area contributed by atoms with E-state index >= 15 is 0 Å². The number of benzene rings is 1. The molecule has 0 radical (unpaired) electrons. The molecule has 2 N–H and O–H groups in total. The number of nitrogens with zero attached hydrogens (tertiary/aromatic N) is 1. The lowest BCUT2D eigenvalue weighted by atomic mass is 10.0. The van der Waals surface area contributed by atoms with Gasteiger partial charge in [0.1, 0.15) is 0 Å². The normalized spacial score (nSPS) is 19.4. The third kappa shape index (κ3) is 1.28. The van der Waals surface area contributed by atoms with E-state index in [2.05, 4.69) is 0 Å². The third-order valence-corrected chi connectivity index (χ3v) is 2.68. The standard InChI is InChI=1S/C10H12N2O2/c1-6-4-7-2-3-8(11)10(7)9(5-6)12(13)14/h4-5,8H,2-3,11H2,1H3. The van der Waals surface area contributed by atoms with Crippen LogP contribution in [0.3, 0.4) is 0 Å². The van der Waals surface area contributed by atoms with Gasteiger partial charge in [0.15, 0.2) is 0 Å². The van der Waals surface area contributed by atoms with Gasteiger partial charge in [0, 0.05) is 17.7 Å². The molecule has 14 heavy (non-hydrogen) atoms. The summed E-state index contributed by atoms with van der Waals surface area (Å²) in [6.45, 7) is 1.87. The summed E-state index contributed by atoms with van der Waals surface area (Å²) in [5, 5.41) is 10.8. The molecule has 74 valence electrons. The molecule has 0 saturated heterocycles. The molecular weight excluding hydrogens is 180 g/mol. The number of nitro benzene ring substituents is 1. The summed E-state index contributed by atoms with van der Waals surface area (Å²) in [6, 6.07) is 3.44. The predicted octanol–water partition coefficient (Wildman–Crippen LogP) is 1.85. The minimum Gasteiger partial charge on any atom is -0.324 e. The van der Waals surface area contributed by atoms with Crippen LogP contribution < -0.4 is 5.73 Å².